The summed E-state index contributed by atoms with van der Waals surface area (Å²) in [4.78, 5) is 0. The van der Waals surface area contributed by atoms with Gasteiger partial charge in [-0.3, -0.25) is 5.10 Å². The van der Waals surface area contributed by atoms with Crippen LogP contribution in [0.5, 0.6) is 5.75 Å². The number of hydrogen-bond donors (Lipinski definition) is 1. The first kappa shape index (κ1) is 11.9. The monoisotopic (exact) mass is 249 g/mol. The molecule has 0 saturated heterocycles. The van der Waals surface area contributed by atoms with Crippen LogP contribution in [0.3, 0.4) is 0 Å². The zero-order chi connectivity index (χ0) is 12.3. The van der Waals surface area contributed by atoms with Crippen molar-refractivity contribution in [1.82, 2.24) is 14.8 Å². The highest BCUT2D eigenvalue weighted by molar-refractivity contribution is 7.71. The maximum atomic E-state index is 5.32. The number of para-hydroxylation sites is 1. The summed E-state index contributed by atoms with van der Waals surface area (Å²) in [5.41, 5.74) is 1.11. The number of benzene rings is 1. The molecule has 1 aromatic heterocycles. The quantitative estimate of drug-likeness (QED) is 0.847. The molecule has 0 atom stereocenters. The van der Waals surface area contributed by atoms with Crippen molar-refractivity contribution in [2.75, 3.05) is 7.11 Å². The number of H-pyrrole nitrogens is 1. The summed E-state index contributed by atoms with van der Waals surface area (Å²) in [7, 11) is 1.68. The molecule has 5 heteroatoms. The van der Waals surface area contributed by atoms with Gasteiger partial charge in [-0.15, -0.1) is 0 Å². The fraction of sp³-hybridized carbons (Fsp3) is 0.333. The number of nitrogens with one attached hydrogen (secondary N) is 1. The molecular weight excluding hydrogens is 234 g/mol. The highest BCUT2D eigenvalue weighted by Crippen LogP contribution is 2.20. The first-order valence-electron chi connectivity index (χ1n) is 5.52. The number of ether oxygens (including phenoxy) is 1. The van der Waals surface area contributed by atoms with E-state index < -0.39 is 0 Å². The van der Waals surface area contributed by atoms with Gasteiger partial charge in [-0.25, -0.2) is 0 Å². The van der Waals surface area contributed by atoms with E-state index in [1.165, 1.54) is 0 Å². The molecule has 0 saturated carbocycles. The molecule has 90 valence electrons. The summed E-state index contributed by atoms with van der Waals surface area (Å²) in [6.45, 7) is 2.87. The van der Waals surface area contributed by atoms with E-state index in [9.17, 15) is 0 Å². The van der Waals surface area contributed by atoms with E-state index in [2.05, 4.69) is 17.1 Å². The largest absolute Gasteiger partial charge is 0.496 e. The van der Waals surface area contributed by atoms with E-state index in [1.54, 1.807) is 7.11 Å². The Labute approximate surface area is 105 Å². The summed E-state index contributed by atoms with van der Waals surface area (Å²) in [6, 6.07) is 7.94. The molecule has 1 heterocycles. The Morgan fingerprint density at radius 3 is 2.88 bits per heavy atom. The Morgan fingerprint density at radius 2 is 2.18 bits per heavy atom. The third-order valence-electron chi connectivity index (χ3n) is 2.69. The van der Waals surface area contributed by atoms with Gasteiger partial charge >= 0.3 is 0 Å². The number of aromatic nitrogens is 3. The fourth-order valence-corrected chi connectivity index (χ4v) is 2.11. The average molecular weight is 249 g/mol. The molecule has 0 spiro atoms. The number of hydrogen-bond acceptors (Lipinski definition) is 3. The van der Waals surface area contributed by atoms with Gasteiger partial charge in [0.15, 0.2) is 4.77 Å². The predicted molar refractivity (Wildman–Crippen MR) is 68.9 cm³/mol. The Hall–Kier alpha value is -1.62. The van der Waals surface area contributed by atoms with Crippen LogP contribution in [0, 0.1) is 4.77 Å². The van der Waals surface area contributed by atoms with E-state index in [0.717, 1.165) is 23.7 Å². The van der Waals surface area contributed by atoms with Crippen molar-refractivity contribution >= 4 is 12.2 Å². The maximum absolute atomic E-state index is 5.32. The second-order valence-electron chi connectivity index (χ2n) is 3.68. The normalized spacial score (nSPS) is 10.5. The summed E-state index contributed by atoms with van der Waals surface area (Å²) >= 11 is 5.16. The lowest BCUT2D eigenvalue weighted by atomic mass is 10.1. The molecule has 0 amide bonds. The first-order valence-corrected chi connectivity index (χ1v) is 5.93. The van der Waals surface area contributed by atoms with Gasteiger partial charge < -0.3 is 9.30 Å². The zero-order valence-corrected chi connectivity index (χ0v) is 10.8. The lowest BCUT2D eigenvalue weighted by molar-refractivity contribution is 0.410. The van der Waals surface area contributed by atoms with Crippen LogP contribution in [0.15, 0.2) is 24.3 Å². The van der Waals surface area contributed by atoms with Gasteiger partial charge in [-0.2, -0.15) is 5.10 Å². The highest BCUT2D eigenvalue weighted by Gasteiger charge is 2.08. The SMILES string of the molecule is CCn1c(Cc2ccccc2OC)n[nH]c1=S. The third kappa shape index (κ3) is 2.39. The van der Waals surface area contributed by atoms with Crippen LogP contribution in [0.4, 0.5) is 0 Å². The predicted octanol–water partition coefficient (Wildman–Crippen LogP) is 2.56. The van der Waals surface area contributed by atoms with E-state index in [1.807, 2.05) is 28.8 Å². The van der Waals surface area contributed by atoms with Crippen molar-refractivity contribution in [3.8, 4) is 5.75 Å². The van der Waals surface area contributed by atoms with Crippen molar-refractivity contribution in [2.24, 2.45) is 0 Å². The number of nitrogens with zero attached hydrogens (tertiary/aromatic N) is 2. The molecule has 0 bridgehead atoms. The third-order valence-corrected chi connectivity index (χ3v) is 3.01. The minimum absolute atomic E-state index is 0.664. The van der Waals surface area contributed by atoms with Crippen molar-refractivity contribution in [3.63, 3.8) is 0 Å². The fourth-order valence-electron chi connectivity index (χ4n) is 1.83. The van der Waals surface area contributed by atoms with E-state index >= 15 is 0 Å². The molecule has 0 aliphatic rings. The van der Waals surface area contributed by atoms with Crippen molar-refractivity contribution < 1.29 is 4.74 Å². The smallest absolute Gasteiger partial charge is 0.195 e. The van der Waals surface area contributed by atoms with E-state index in [0.29, 0.717) is 11.2 Å². The molecule has 1 aromatic carbocycles. The van der Waals surface area contributed by atoms with Crippen LogP contribution in [-0.2, 0) is 13.0 Å². The highest BCUT2D eigenvalue weighted by atomic mass is 32.1. The summed E-state index contributed by atoms with van der Waals surface area (Å²) in [5.74, 6) is 1.81. The van der Waals surface area contributed by atoms with Crippen LogP contribution in [0.2, 0.25) is 0 Å². The molecule has 2 rings (SSSR count). The Balaban J connectivity index is 2.34. The first-order chi connectivity index (χ1) is 8.26. The van der Waals surface area contributed by atoms with Gasteiger partial charge in [0.05, 0.1) is 7.11 Å². The van der Waals surface area contributed by atoms with Crippen LogP contribution in [-0.4, -0.2) is 21.9 Å². The molecule has 0 radical (unpaired) electrons. The number of methoxy groups -OCH3 is 1. The topological polar surface area (TPSA) is 42.8 Å². The van der Waals surface area contributed by atoms with Crippen LogP contribution < -0.4 is 4.74 Å². The minimum atomic E-state index is 0.664. The van der Waals surface area contributed by atoms with Crippen LogP contribution in [0.1, 0.15) is 18.3 Å². The lowest BCUT2D eigenvalue weighted by Gasteiger charge is -2.08. The van der Waals surface area contributed by atoms with Gasteiger partial charge in [0.1, 0.15) is 11.6 Å². The number of aromatic amines is 1. The minimum Gasteiger partial charge on any atom is -0.496 e. The van der Waals surface area contributed by atoms with Crippen molar-refractivity contribution in [2.45, 2.75) is 19.9 Å². The lowest BCUT2D eigenvalue weighted by Crippen LogP contribution is -2.03. The molecular formula is C12H15N3OS. The van der Waals surface area contributed by atoms with Gasteiger partial charge in [-0.1, -0.05) is 18.2 Å². The molecule has 0 aliphatic carbocycles. The molecule has 1 N–H and O–H groups in total. The van der Waals surface area contributed by atoms with Gasteiger partial charge in [-0.05, 0) is 25.2 Å². The summed E-state index contributed by atoms with van der Waals surface area (Å²) in [6.07, 6.45) is 0.713. The second-order valence-corrected chi connectivity index (χ2v) is 4.06. The summed E-state index contributed by atoms with van der Waals surface area (Å²) in [5, 5.41) is 7.07. The average Bonchev–Trinajstić information content (AvgIpc) is 2.70. The summed E-state index contributed by atoms with van der Waals surface area (Å²) < 4.78 is 7.98. The van der Waals surface area contributed by atoms with Gasteiger partial charge in [0, 0.05) is 18.5 Å². The second kappa shape index (κ2) is 5.14. The Morgan fingerprint density at radius 1 is 1.41 bits per heavy atom. The van der Waals surface area contributed by atoms with Crippen LogP contribution in [0.25, 0.3) is 0 Å². The Bertz CT molecular complexity index is 559. The molecule has 17 heavy (non-hydrogen) atoms. The van der Waals surface area contributed by atoms with E-state index in [-0.39, 0.29) is 0 Å². The molecule has 0 unspecified atom stereocenters. The van der Waals surface area contributed by atoms with Crippen LogP contribution >= 0.6 is 12.2 Å². The van der Waals surface area contributed by atoms with Crippen molar-refractivity contribution in [3.05, 3.63) is 40.4 Å². The zero-order valence-electron chi connectivity index (χ0n) is 9.93. The molecule has 0 fully saturated rings. The molecule has 4 nitrogen and oxygen atoms in total. The number of rotatable bonds is 4. The van der Waals surface area contributed by atoms with E-state index in [4.69, 9.17) is 17.0 Å². The maximum Gasteiger partial charge on any atom is 0.195 e. The molecule has 2 aromatic rings. The molecule has 0 aliphatic heterocycles. The van der Waals surface area contributed by atoms with Gasteiger partial charge in [0.25, 0.3) is 0 Å². The Kier molecular flexibility index (Phi) is 3.58. The standard InChI is InChI=1S/C12H15N3OS/c1-3-15-11(13-14-12(15)17)8-9-6-4-5-7-10(9)16-2/h4-7H,3,8H2,1-2H3,(H,14,17). The van der Waals surface area contributed by atoms with Crippen molar-refractivity contribution in [1.29, 1.82) is 0 Å². The van der Waals surface area contributed by atoms with Gasteiger partial charge in [0.2, 0.25) is 0 Å².